The van der Waals surface area contributed by atoms with E-state index in [0.29, 0.717) is 22.6 Å². The summed E-state index contributed by atoms with van der Waals surface area (Å²) in [7, 11) is 0. The van der Waals surface area contributed by atoms with Crippen LogP contribution in [-0.2, 0) is 4.79 Å². The average molecular weight is 259 g/mol. The predicted molar refractivity (Wildman–Crippen MR) is 60.2 cm³/mol. The summed E-state index contributed by atoms with van der Waals surface area (Å²) in [6.07, 6.45) is 0. The highest BCUT2D eigenvalue weighted by Crippen LogP contribution is 2.23. The first-order valence-corrected chi connectivity index (χ1v) is 6.27. The highest BCUT2D eigenvalue weighted by Gasteiger charge is 2.25. The number of urea groups is 1. The number of carbonyl (C=O) groups excluding carboxylic acids is 2. The molecule has 3 amide bonds. The molecule has 0 aliphatic carbocycles. The summed E-state index contributed by atoms with van der Waals surface area (Å²) in [5, 5.41) is 10.3. The number of amides is 3. The molecule has 0 unspecified atom stereocenters. The first kappa shape index (κ1) is 11.1. The Hall–Kier alpha value is -1.35. The normalized spacial score (nSPS) is 15.2. The van der Waals surface area contributed by atoms with Gasteiger partial charge in [0.25, 0.3) is 0 Å². The second kappa shape index (κ2) is 4.66. The number of thioether (sulfide) groups is 1. The third-order valence-corrected chi connectivity index (χ3v) is 3.77. The molecule has 1 fully saturated rings. The number of nitrogen functional groups attached to an aromatic ring is 1. The smallest absolute Gasteiger partial charge is 0.324 e. The number of nitrogens with one attached hydrogen (secondary N) is 1. The number of hydrogen-bond donors (Lipinski definition) is 2. The van der Waals surface area contributed by atoms with E-state index in [1.807, 2.05) is 0 Å². The fourth-order valence-corrected chi connectivity index (χ4v) is 2.70. The second-order valence-electron chi connectivity index (χ2n) is 2.97. The molecular weight excluding hydrogens is 250 g/mol. The SMILES string of the molecule is Nc1nnc(SCC(=O)N2CCNC2=O)s1. The van der Waals surface area contributed by atoms with Crippen LogP contribution in [0.1, 0.15) is 0 Å². The van der Waals surface area contributed by atoms with Gasteiger partial charge in [0.05, 0.1) is 5.75 Å². The maximum absolute atomic E-state index is 11.6. The minimum absolute atomic E-state index is 0.169. The maximum atomic E-state index is 11.6. The lowest BCUT2D eigenvalue weighted by molar-refractivity contribution is -0.124. The van der Waals surface area contributed by atoms with Crippen molar-refractivity contribution in [2.75, 3.05) is 24.6 Å². The molecule has 1 saturated heterocycles. The molecule has 0 atom stereocenters. The molecule has 1 aromatic heterocycles. The van der Waals surface area contributed by atoms with Crippen molar-refractivity contribution < 1.29 is 9.59 Å². The third kappa shape index (κ3) is 2.42. The molecule has 0 spiro atoms. The lowest BCUT2D eigenvalue weighted by Crippen LogP contribution is -2.35. The molecule has 86 valence electrons. The Kier molecular flexibility index (Phi) is 3.25. The zero-order valence-corrected chi connectivity index (χ0v) is 9.81. The summed E-state index contributed by atoms with van der Waals surface area (Å²) >= 11 is 2.45. The Morgan fingerprint density at radius 2 is 2.44 bits per heavy atom. The lowest BCUT2D eigenvalue weighted by atomic mass is 10.5. The minimum atomic E-state index is -0.331. The van der Waals surface area contributed by atoms with E-state index in [4.69, 9.17) is 5.73 Å². The van der Waals surface area contributed by atoms with Crippen LogP contribution in [-0.4, -0.2) is 45.9 Å². The summed E-state index contributed by atoms with van der Waals surface area (Å²) in [4.78, 5) is 24.0. The van der Waals surface area contributed by atoms with E-state index in [2.05, 4.69) is 15.5 Å². The van der Waals surface area contributed by atoms with Gasteiger partial charge in [-0.3, -0.25) is 9.69 Å². The maximum Gasteiger partial charge on any atom is 0.324 e. The van der Waals surface area contributed by atoms with Crippen LogP contribution in [0.25, 0.3) is 0 Å². The molecule has 0 bridgehead atoms. The topological polar surface area (TPSA) is 101 Å². The van der Waals surface area contributed by atoms with E-state index in [9.17, 15) is 9.59 Å². The Balaban J connectivity index is 1.86. The summed E-state index contributed by atoms with van der Waals surface area (Å²) < 4.78 is 0.630. The van der Waals surface area contributed by atoms with Gasteiger partial charge in [0.15, 0.2) is 4.34 Å². The largest absolute Gasteiger partial charge is 0.374 e. The first-order chi connectivity index (χ1) is 7.66. The van der Waals surface area contributed by atoms with Crippen LogP contribution in [0.2, 0.25) is 0 Å². The van der Waals surface area contributed by atoms with E-state index < -0.39 is 0 Å². The van der Waals surface area contributed by atoms with Gasteiger partial charge in [-0.15, -0.1) is 10.2 Å². The van der Waals surface area contributed by atoms with Crippen LogP contribution >= 0.6 is 23.1 Å². The zero-order valence-electron chi connectivity index (χ0n) is 8.17. The fraction of sp³-hybridized carbons (Fsp3) is 0.429. The van der Waals surface area contributed by atoms with E-state index in [-0.39, 0.29) is 17.7 Å². The molecule has 2 heterocycles. The Morgan fingerprint density at radius 1 is 1.62 bits per heavy atom. The monoisotopic (exact) mass is 259 g/mol. The molecule has 0 radical (unpaired) electrons. The predicted octanol–water partition coefficient (Wildman–Crippen LogP) is -0.236. The quantitative estimate of drug-likeness (QED) is 0.727. The number of carbonyl (C=O) groups is 2. The van der Waals surface area contributed by atoms with Gasteiger partial charge >= 0.3 is 6.03 Å². The van der Waals surface area contributed by atoms with Crippen LogP contribution in [0.4, 0.5) is 9.93 Å². The summed E-state index contributed by atoms with van der Waals surface area (Å²) in [5.41, 5.74) is 5.40. The van der Waals surface area contributed by atoms with E-state index in [0.717, 1.165) is 0 Å². The van der Waals surface area contributed by atoms with Crippen LogP contribution in [0.15, 0.2) is 4.34 Å². The van der Waals surface area contributed by atoms with E-state index in [1.54, 1.807) is 0 Å². The number of anilines is 1. The third-order valence-electron chi connectivity index (χ3n) is 1.90. The summed E-state index contributed by atoms with van der Waals surface area (Å²) in [6.45, 7) is 0.942. The molecule has 1 aliphatic rings. The van der Waals surface area contributed by atoms with Gasteiger partial charge in [-0.05, 0) is 0 Å². The molecule has 3 N–H and O–H groups in total. The molecule has 7 nitrogen and oxygen atoms in total. The molecule has 2 rings (SSSR count). The number of rotatable bonds is 3. The minimum Gasteiger partial charge on any atom is -0.374 e. The number of nitrogens with zero attached hydrogens (tertiary/aromatic N) is 3. The standard InChI is InChI=1S/C7H9N5O2S2/c8-5-10-11-7(16-5)15-3-4(13)12-2-1-9-6(12)14/h1-3H2,(H2,8,10)(H,9,14). The average Bonchev–Trinajstić information content (AvgIpc) is 2.84. The lowest BCUT2D eigenvalue weighted by Gasteiger charge is -2.10. The summed E-state index contributed by atoms with van der Waals surface area (Å²) in [6, 6.07) is -0.331. The number of nitrogens with two attached hydrogens (primary N) is 1. The van der Waals surface area contributed by atoms with Crippen molar-refractivity contribution in [2.24, 2.45) is 0 Å². The molecular formula is C7H9N5O2S2. The summed E-state index contributed by atoms with van der Waals surface area (Å²) in [5.74, 6) is -0.0593. The Labute approximate surface area is 99.4 Å². The van der Waals surface area contributed by atoms with Crippen LogP contribution in [0, 0.1) is 0 Å². The molecule has 9 heteroatoms. The van der Waals surface area contributed by atoms with Crippen molar-refractivity contribution >= 4 is 40.2 Å². The number of aromatic nitrogens is 2. The molecule has 1 aliphatic heterocycles. The molecule has 16 heavy (non-hydrogen) atoms. The van der Waals surface area contributed by atoms with E-state index in [1.165, 1.54) is 28.0 Å². The Morgan fingerprint density at radius 3 is 3.00 bits per heavy atom. The number of imide groups is 1. The van der Waals surface area contributed by atoms with Crippen molar-refractivity contribution in [3.63, 3.8) is 0 Å². The molecule has 0 saturated carbocycles. The van der Waals surface area contributed by atoms with Crippen molar-refractivity contribution in [1.29, 1.82) is 0 Å². The molecule has 1 aromatic rings. The van der Waals surface area contributed by atoms with Gasteiger partial charge < -0.3 is 11.1 Å². The van der Waals surface area contributed by atoms with Gasteiger partial charge in [0.2, 0.25) is 11.0 Å². The van der Waals surface area contributed by atoms with Gasteiger partial charge in [0.1, 0.15) is 0 Å². The highest BCUT2D eigenvalue weighted by atomic mass is 32.2. The van der Waals surface area contributed by atoms with Crippen molar-refractivity contribution in [2.45, 2.75) is 4.34 Å². The Bertz CT molecular complexity index is 421. The van der Waals surface area contributed by atoms with Gasteiger partial charge in [-0.1, -0.05) is 23.1 Å². The van der Waals surface area contributed by atoms with Crippen molar-refractivity contribution in [3.8, 4) is 0 Å². The van der Waals surface area contributed by atoms with Crippen LogP contribution < -0.4 is 11.1 Å². The van der Waals surface area contributed by atoms with Crippen LogP contribution in [0.3, 0.4) is 0 Å². The fourth-order valence-electron chi connectivity index (χ4n) is 1.19. The zero-order chi connectivity index (χ0) is 11.5. The first-order valence-electron chi connectivity index (χ1n) is 4.47. The van der Waals surface area contributed by atoms with Gasteiger partial charge in [0, 0.05) is 13.1 Å². The van der Waals surface area contributed by atoms with Crippen molar-refractivity contribution in [3.05, 3.63) is 0 Å². The van der Waals surface area contributed by atoms with Gasteiger partial charge in [-0.25, -0.2) is 4.79 Å². The second-order valence-corrected chi connectivity index (χ2v) is 5.20. The highest BCUT2D eigenvalue weighted by molar-refractivity contribution is 8.01. The molecule has 0 aromatic carbocycles. The van der Waals surface area contributed by atoms with Crippen LogP contribution in [0.5, 0.6) is 0 Å². The van der Waals surface area contributed by atoms with Gasteiger partial charge in [-0.2, -0.15) is 0 Å². The van der Waals surface area contributed by atoms with E-state index >= 15 is 0 Å². The van der Waals surface area contributed by atoms with Crippen molar-refractivity contribution in [1.82, 2.24) is 20.4 Å². The number of hydrogen-bond acceptors (Lipinski definition) is 7.